The monoisotopic (exact) mass is 527 g/mol. The second-order valence-corrected chi connectivity index (χ2v) is 10.3. The Morgan fingerprint density at radius 1 is 0.537 bits per heavy atom. The molecular weight excluding hydrogens is 506 g/mol. The topological polar surface area (TPSA) is 57.0 Å². The number of nitrogens with zero attached hydrogens (tertiary/aromatic N) is 3. The van der Waals surface area contributed by atoms with Gasteiger partial charge in [0.25, 0.3) is 0 Å². The van der Waals surface area contributed by atoms with E-state index in [0.717, 1.165) is 83.2 Å². The van der Waals surface area contributed by atoms with Crippen molar-refractivity contribution in [2.24, 2.45) is 0 Å². The van der Waals surface area contributed by atoms with Crippen LogP contribution in [-0.2, 0) is 0 Å². The van der Waals surface area contributed by atoms with Gasteiger partial charge in [0.2, 0.25) is 0 Å². The summed E-state index contributed by atoms with van der Waals surface area (Å²) in [6.07, 6.45) is 1.80. The minimum absolute atomic E-state index is 0.787. The largest absolute Gasteiger partial charge is 0.452 e. The zero-order valence-electron chi connectivity index (χ0n) is 21.8. The summed E-state index contributed by atoms with van der Waals surface area (Å²) >= 11 is 0. The number of benzene rings is 5. The first-order valence-electron chi connectivity index (χ1n) is 13.6. The van der Waals surface area contributed by atoms with Gasteiger partial charge in [0, 0.05) is 33.4 Å². The van der Waals surface area contributed by atoms with Gasteiger partial charge in [-0.05, 0) is 77.9 Å². The number of aromatic nitrogens is 3. The summed E-state index contributed by atoms with van der Waals surface area (Å²) in [5, 5.41) is 4.29. The Balaban J connectivity index is 1.16. The van der Waals surface area contributed by atoms with Crippen LogP contribution >= 0.6 is 0 Å². The quantitative estimate of drug-likeness (QED) is 0.230. The Kier molecular flexibility index (Phi) is 4.55. The number of rotatable bonds is 3. The van der Waals surface area contributed by atoms with E-state index in [1.807, 2.05) is 54.6 Å². The van der Waals surface area contributed by atoms with Crippen LogP contribution in [0, 0.1) is 0 Å². The lowest BCUT2D eigenvalue weighted by atomic mass is 10.0. The summed E-state index contributed by atoms with van der Waals surface area (Å²) in [5.41, 5.74) is 9.39. The Labute approximate surface area is 233 Å². The van der Waals surface area contributed by atoms with Crippen molar-refractivity contribution in [3.8, 4) is 28.3 Å². The molecule has 0 radical (unpaired) electrons. The van der Waals surface area contributed by atoms with Gasteiger partial charge in [-0.3, -0.25) is 9.55 Å². The van der Waals surface area contributed by atoms with Crippen LogP contribution in [0.3, 0.4) is 0 Å². The molecule has 0 spiro atoms. The lowest BCUT2D eigenvalue weighted by molar-refractivity contribution is 0.633. The number of hydrogen-bond donors (Lipinski definition) is 0. The molecule has 5 heteroatoms. The number of fused-ring (bicyclic) bond motifs is 8. The number of pyridine rings is 1. The number of furan rings is 2. The predicted molar refractivity (Wildman–Crippen MR) is 164 cm³/mol. The molecule has 0 aliphatic rings. The van der Waals surface area contributed by atoms with E-state index >= 15 is 0 Å². The summed E-state index contributed by atoms with van der Waals surface area (Å²) in [4.78, 5) is 9.49. The first-order valence-corrected chi connectivity index (χ1v) is 13.6. The van der Waals surface area contributed by atoms with Crippen LogP contribution < -0.4 is 0 Å². The molecule has 5 nitrogen and oxygen atoms in total. The molecule has 5 aromatic carbocycles. The van der Waals surface area contributed by atoms with Crippen LogP contribution in [0.4, 0.5) is 0 Å². The highest BCUT2D eigenvalue weighted by molar-refractivity contribution is 6.19. The third kappa shape index (κ3) is 3.29. The third-order valence-electron chi connectivity index (χ3n) is 7.90. The molecule has 0 unspecified atom stereocenters. The van der Waals surface area contributed by atoms with Gasteiger partial charge >= 0.3 is 0 Å². The first-order chi connectivity index (χ1) is 20.3. The molecule has 0 atom stereocenters. The Morgan fingerprint density at radius 2 is 1.24 bits per heavy atom. The highest BCUT2D eigenvalue weighted by Gasteiger charge is 2.17. The van der Waals surface area contributed by atoms with Crippen LogP contribution in [0.1, 0.15) is 0 Å². The molecule has 9 rings (SSSR count). The van der Waals surface area contributed by atoms with Crippen molar-refractivity contribution in [1.82, 2.24) is 14.5 Å². The first kappa shape index (κ1) is 22.2. The molecule has 0 fully saturated rings. The molecular formula is C36H21N3O2. The standard InChI is InChI=1S/C36H21N3O2/c1-4-11-32-25(7-1)26-17-18-27-28-21-23(14-19-33(28)41-35(27)34(26)40-32)22-12-15-24(16-13-22)39-31-10-3-2-8-29(31)38-36(39)30-9-5-6-20-37-30/h1-21H. The van der Waals surface area contributed by atoms with Crippen molar-refractivity contribution in [3.63, 3.8) is 0 Å². The maximum absolute atomic E-state index is 6.34. The van der Waals surface area contributed by atoms with Gasteiger partial charge in [-0.25, -0.2) is 4.98 Å². The van der Waals surface area contributed by atoms with Crippen molar-refractivity contribution < 1.29 is 8.83 Å². The minimum Gasteiger partial charge on any atom is -0.452 e. The normalized spacial score (nSPS) is 11.9. The van der Waals surface area contributed by atoms with Gasteiger partial charge in [0.1, 0.15) is 16.9 Å². The third-order valence-corrected chi connectivity index (χ3v) is 7.90. The fourth-order valence-corrected chi connectivity index (χ4v) is 5.95. The van der Waals surface area contributed by atoms with Gasteiger partial charge in [0.15, 0.2) is 17.0 Å². The SMILES string of the molecule is c1ccc(-c2nc3ccccc3n2-c2ccc(-c3ccc4oc5c(ccc6c7ccccc7oc65)c4c3)cc2)nc1. The van der Waals surface area contributed by atoms with E-state index < -0.39 is 0 Å². The van der Waals surface area contributed by atoms with Gasteiger partial charge in [-0.15, -0.1) is 0 Å². The van der Waals surface area contributed by atoms with Crippen molar-refractivity contribution in [1.29, 1.82) is 0 Å². The molecule has 0 aliphatic heterocycles. The molecule has 9 aromatic rings. The minimum atomic E-state index is 0.787. The maximum Gasteiger partial charge on any atom is 0.178 e. The maximum atomic E-state index is 6.34. The lowest BCUT2D eigenvalue weighted by Crippen LogP contribution is -1.98. The van der Waals surface area contributed by atoms with E-state index in [1.54, 1.807) is 6.20 Å². The molecule has 192 valence electrons. The number of imidazole rings is 1. The van der Waals surface area contributed by atoms with E-state index in [2.05, 4.69) is 76.3 Å². The molecule has 0 saturated heterocycles. The highest BCUT2D eigenvalue weighted by atomic mass is 16.4. The fourth-order valence-electron chi connectivity index (χ4n) is 5.95. The summed E-state index contributed by atoms with van der Waals surface area (Å²) in [5.74, 6) is 0.822. The van der Waals surface area contributed by atoms with E-state index in [1.165, 1.54) is 0 Å². The zero-order chi connectivity index (χ0) is 26.9. The smallest absolute Gasteiger partial charge is 0.178 e. The van der Waals surface area contributed by atoms with Crippen molar-refractivity contribution >= 4 is 54.9 Å². The Bertz CT molecular complexity index is 2410. The second kappa shape index (κ2) is 8.41. The molecule has 41 heavy (non-hydrogen) atoms. The van der Waals surface area contributed by atoms with Crippen molar-refractivity contribution in [3.05, 3.63) is 128 Å². The average molecular weight is 528 g/mol. The molecule has 0 saturated carbocycles. The summed E-state index contributed by atoms with van der Waals surface area (Å²) in [7, 11) is 0. The van der Waals surface area contributed by atoms with E-state index in [4.69, 9.17) is 13.8 Å². The van der Waals surface area contributed by atoms with Gasteiger partial charge in [-0.1, -0.05) is 54.6 Å². The molecule has 0 N–H and O–H groups in total. The summed E-state index contributed by atoms with van der Waals surface area (Å²) in [6.45, 7) is 0. The Hall–Kier alpha value is -5.68. The van der Waals surface area contributed by atoms with Crippen LogP contribution in [0.5, 0.6) is 0 Å². The van der Waals surface area contributed by atoms with Crippen molar-refractivity contribution in [2.75, 3.05) is 0 Å². The van der Waals surface area contributed by atoms with Gasteiger partial charge in [0.05, 0.1) is 11.0 Å². The summed E-state index contributed by atoms with van der Waals surface area (Å²) < 4.78 is 14.7. The van der Waals surface area contributed by atoms with E-state index in [9.17, 15) is 0 Å². The molecule has 0 bridgehead atoms. The molecule has 0 amide bonds. The van der Waals surface area contributed by atoms with Crippen molar-refractivity contribution in [2.45, 2.75) is 0 Å². The molecule has 0 aliphatic carbocycles. The Morgan fingerprint density at radius 3 is 2.07 bits per heavy atom. The number of hydrogen-bond acceptors (Lipinski definition) is 4. The van der Waals surface area contributed by atoms with Gasteiger partial charge in [-0.2, -0.15) is 0 Å². The fraction of sp³-hybridized carbons (Fsp3) is 0. The number of para-hydroxylation sites is 3. The average Bonchev–Trinajstić information content (AvgIpc) is 3.72. The van der Waals surface area contributed by atoms with E-state index in [0.29, 0.717) is 0 Å². The summed E-state index contributed by atoms with van der Waals surface area (Å²) in [6, 6.07) is 41.5. The van der Waals surface area contributed by atoms with Crippen LogP contribution in [-0.4, -0.2) is 14.5 Å². The van der Waals surface area contributed by atoms with Crippen LogP contribution in [0.15, 0.2) is 136 Å². The predicted octanol–water partition coefficient (Wildman–Crippen LogP) is 9.55. The highest BCUT2D eigenvalue weighted by Crippen LogP contribution is 2.39. The van der Waals surface area contributed by atoms with E-state index in [-0.39, 0.29) is 0 Å². The van der Waals surface area contributed by atoms with Gasteiger partial charge < -0.3 is 8.83 Å². The second-order valence-electron chi connectivity index (χ2n) is 10.3. The van der Waals surface area contributed by atoms with Crippen LogP contribution in [0.25, 0.3) is 83.2 Å². The molecule has 4 aromatic heterocycles. The van der Waals surface area contributed by atoms with Crippen LogP contribution in [0.2, 0.25) is 0 Å². The zero-order valence-corrected chi connectivity index (χ0v) is 21.8. The lowest BCUT2D eigenvalue weighted by Gasteiger charge is -2.10. The molecule has 4 heterocycles.